The Morgan fingerprint density at radius 1 is 0.750 bits per heavy atom. The third-order valence-corrected chi connectivity index (χ3v) is 2.82. The zero-order valence-corrected chi connectivity index (χ0v) is 14.0. The van der Waals surface area contributed by atoms with Crippen LogP contribution >= 0.6 is 0 Å². The Morgan fingerprint density at radius 3 is 1.54 bits per heavy atom. The first-order valence-electron chi connectivity index (χ1n) is 7.86. The molecule has 0 aliphatic carbocycles. The highest BCUT2D eigenvalue weighted by Crippen LogP contribution is 2.10. The molecule has 24 heavy (non-hydrogen) atoms. The molecule has 0 spiro atoms. The van der Waals surface area contributed by atoms with Crippen molar-refractivity contribution in [3.63, 3.8) is 0 Å². The molecule has 0 radical (unpaired) electrons. The second kappa shape index (κ2) is 11.4. The van der Waals surface area contributed by atoms with E-state index in [4.69, 9.17) is 0 Å². The summed E-state index contributed by atoms with van der Waals surface area (Å²) in [6.07, 6.45) is 3.37. The predicted octanol–water partition coefficient (Wildman–Crippen LogP) is 3.67. The summed E-state index contributed by atoms with van der Waals surface area (Å²) in [4.78, 5) is 24.3. The van der Waals surface area contributed by atoms with Gasteiger partial charge in [0.15, 0.2) is 0 Å². The fourth-order valence-corrected chi connectivity index (χ4v) is 1.65. The minimum absolute atomic E-state index is 0.239. The minimum Gasteiger partial charge on any atom is -0.279 e. The second-order valence-electron chi connectivity index (χ2n) is 4.81. The molecular weight excluding hydrogens is 296 g/mol. The molecule has 0 heterocycles. The number of unbranched alkanes of at least 4 members (excludes halogenated alkanes) is 2. The highest BCUT2D eigenvalue weighted by molar-refractivity contribution is 6.19. The van der Waals surface area contributed by atoms with Gasteiger partial charge in [0.2, 0.25) is 11.6 Å². The number of ketones is 2. The number of Topliss-reactive ketones (excluding diaryl/α,β-unsaturated/α-hetero) is 2. The monoisotopic (exact) mass is 314 g/mol. The van der Waals surface area contributed by atoms with E-state index in [1.807, 2.05) is 13.8 Å². The van der Waals surface area contributed by atoms with E-state index in [0.29, 0.717) is 0 Å². The Hall–Kier alpha value is -3.20. The average Bonchev–Trinajstić information content (AvgIpc) is 2.61. The summed E-state index contributed by atoms with van der Waals surface area (Å²) in [5.41, 5.74) is 0.478. The molecule has 1 aromatic rings. The molecule has 0 aliphatic rings. The van der Waals surface area contributed by atoms with Gasteiger partial charge in [-0.05, 0) is 60.5 Å². The normalized spacial score (nSPS) is 8.08. The summed E-state index contributed by atoms with van der Waals surface area (Å²) in [5, 5.41) is 0. The van der Waals surface area contributed by atoms with Crippen LogP contribution in [0.1, 0.15) is 60.2 Å². The molecule has 0 atom stereocenters. The van der Waals surface area contributed by atoms with Gasteiger partial charge in [0.05, 0.1) is 0 Å². The van der Waals surface area contributed by atoms with E-state index in [1.54, 1.807) is 24.3 Å². The fraction of sp³-hybridized carbons (Fsp3) is 0.273. The van der Waals surface area contributed by atoms with Gasteiger partial charge in [0, 0.05) is 24.0 Å². The Bertz CT molecular complexity index is 771. The molecule has 0 saturated heterocycles. The Morgan fingerprint density at radius 2 is 1.17 bits per heavy atom. The maximum absolute atomic E-state index is 12.1. The molecule has 0 aromatic heterocycles. The zero-order chi connectivity index (χ0) is 17.6. The van der Waals surface area contributed by atoms with Gasteiger partial charge in [-0.3, -0.25) is 9.59 Å². The maximum atomic E-state index is 12.1. The van der Waals surface area contributed by atoms with Gasteiger partial charge in [-0.1, -0.05) is 37.8 Å². The summed E-state index contributed by atoms with van der Waals surface area (Å²) >= 11 is 0. The highest BCUT2D eigenvalue weighted by Gasteiger charge is 2.13. The molecule has 118 valence electrons. The first kappa shape index (κ1) is 18.8. The van der Waals surface area contributed by atoms with Crippen LogP contribution in [-0.2, 0) is 0 Å². The minimum atomic E-state index is -0.441. The molecule has 0 saturated carbocycles. The van der Waals surface area contributed by atoms with E-state index in [2.05, 4.69) is 47.4 Å². The SMILES string of the molecule is CCCC#CC#CC(=O)c1ccccc1C(=O)C#CC#CCCC. The first-order valence-corrected chi connectivity index (χ1v) is 7.86. The number of carbonyl (C=O) groups excluding carboxylic acids is 2. The van der Waals surface area contributed by atoms with Crippen molar-refractivity contribution in [1.82, 2.24) is 0 Å². The third kappa shape index (κ3) is 6.71. The van der Waals surface area contributed by atoms with E-state index in [0.717, 1.165) is 25.7 Å². The van der Waals surface area contributed by atoms with Crippen molar-refractivity contribution in [2.75, 3.05) is 0 Å². The van der Waals surface area contributed by atoms with Gasteiger partial charge in [0.25, 0.3) is 0 Å². The van der Waals surface area contributed by atoms with Gasteiger partial charge in [-0.15, -0.1) is 0 Å². The summed E-state index contributed by atoms with van der Waals surface area (Å²) in [6.45, 7) is 4.03. The van der Waals surface area contributed by atoms with Gasteiger partial charge in [0.1, 0.15) is 0 Å². The topological polar surface area (TPSA) is 34.1 Å². The van der Waals surface area contributed by atoms with Crippen molar-refractivity contribution in [2.45, 2.75) is 39.5 Å². The molecule has 1 rings (SSSR count). The number of benzene rings is 1. The number of rotatable bonds is 4. The quantitative estimate of drug-likeness (QED) is 0.483. The van der Waals surface area contributed by atoms with Crippen LogP contribution in [0.2, 0.25) is 0 Å². The van der Waals surface area contributed by atoms with Crippen LogP contribution in [0.3, 0.4) is 0 Å². The lowest BCUT2D eigenvalue weighted by molar-refractivity contribution is 0.102. The Kier molecular flexibility index (Phi) is 8.94. The van der Waals surface area contributed by atoms with Crippen molar-refractivity contribution in [3.8, 4) is 47.4 Å². The lowest BCUT2D eigenvalue weighted by Gasteiger charge is -2.00. The number of carbonyl (C=O) groups is 2. The van der Waals surface area contributed by atoms with Crippen LogP contribution in [0.15, 0.2) is 24.3 Å². The Labute approximate surface area is 144 Å². The van der Waals surface area contributed by atoms with Crippen LogP contribution in [0.5, 0.6) is 0 Å². The molecule has 0 aliphatic heterocycles. The molecule has 0 unspecified atom stereocenters. The number of hydrogen-bond donors (Lipinski definition) is 0. The van der Waals surface area contributed by atoms with Crippen molar-refractivity contribution in [1.29, 1.82) is 0 Å². The summed E-state index contributed by atoms with van der Waals surface area (Å²) < 4.78 is 0. The highest BCUT2D eigenvalue weighted by atomic mass is 16.1. The largest absolute Gasteiger partial charge is 0.279 e. The molecule has 0 fully saturated rings. The fourth-order valence-electron chi connectivity index (χ4n) is 1.65. The molecule has 2 nitrogen and oxygen atoms in total. The third-order valence-electron chi connectivity index (χ3n) is 2.82. The molecule has 0 bridgehead atoms. The molecule has 0 amide bonds. The van der Waals surface area contributed by atoms with Gasteiger partial charge < -0.3 is 0 Å². The van der Waals surface area contributed by atoms with Gasteiger partial charge >= 0.3 is 0 Å². The number of hydrogen-bond acceptors (Lipinski definition) is 2. The van der Waals surface area contributed by atoms with Crippen molar-refractivity contribution >= 4 is 11.6 Å². The van der Waals surface area contributed by atoms with Crippen molar-refractivity contribution in [2.24, 2.45) is 0 Å². The van der Waals surface area contributed by atoms with E-state index < -0.39 is 11.6 Å². The molecule has 0 N–H and O–H groups in total. The zero-order valence-electron chi connectivity index (χ0n) is 14.0. The van der Waals surface area contributed by atoms with Gasteiger partial charge in [-0.2, -0.15) is 0 Å². The summed E-state index contributed by atoms with van der Waals surface area (Å²) in [7, 11) is 0. The predicted molar refractivity (Wildman–Crippen MR) is 96.0 cm³/mol. The standard InChI is InChI=1S/C22H18O2/c1-3-5-7-9-11-17-21(23)19-15-13-14-16-20(19)22(24)18-12-10-8-6-4-2/h13-16H,3-6H2,1-2H3. The first-order chi connectivity index (χ1) is 11.7. The van der Waals surface area contributed by atoms with Crippen molar-refractivity contribution in [3.05, 3.63) is 35.4 Å². The van der Waals surface area contributed by atoms with Crippen LogP contribution in [0.4, 0.5) is 0 Å². The Balaban J connectivity index is 2.96. The molecular formula is C22H18O2. The van der Waals surface area contributed by atoms with Crippen molar-refractivity contribution < 1.29 is 9.59 Å². The lowest BCUT2D eigenvalue weighted by atomic mass is 10.0. The van der Waals surface area contributed by atoms with Crippen LogP contribution in [0.25, 0.3) is 0 Å². The van der Waals surface area contributed by atoms with E-state index in [1.165, 1.54) is 0 Å². The van der Waals surface area contributed by atoms with Crippen LogP contribution in [0, 0.1) is 47.4 Å². The molecule has 1 aromatic carbocycles. The summed E-state index contributed by atoms with van der Waals surface area (Å²) in [5.74, 6) is 20.0. The van der Waals surface area contributed by atoms with E-state index >= 15 is 0 Å². The van der Waals surface area contributed by atoms with E-state index in [9.17, 15) is 9.59 Å². The van der Waals surface area contributed by atoms with E-state index in [-0.39, 0.29) is 11.1 Å². The van der Waals surface area contributed by atoms with Gasteiger partial charge in [-0.25, -0.2) is 0 Å². The summed E-state index contributed by atoms with van der Waals surface area (Å²) in [6, 6.07) is 6.49. The van der Waals surface area contributed by atoms with Crippen LogP contribution in [-0.4, -0.2) is 11.6 Å². The smallest absolute Gasteiger partial charge is 0.237 e. The molecule has 2 heteroatoms. The average molecular weight is 314 g/mol. The second-order valence-corrected chi connectivity index (χ2v) is 4.81. The lowest BCUT2D eigenvalue weighted by Crippen LogP contribution is -2.06. The maximum Gasteiger partial charge on any atom is 0.237 e. The van der Waals surface area contributed by atoms with Crippen LogP contribution < -0.4 is 0 Å².